The summed E-state index contributed by atoms with van der Waals surface area (Å²) in [5, 5.41) is 9.55. The number of rotatable bonds is 0. The minimum Gasteiger partial charge on any atom is -0.444 e. The van der Waals surface area contributed by atoms with Gasteiger partial charge in [-0.3, -0.25) is 0 Å². The Labute approximate surface area is 104 Å². The van der Waals surface area contributed by atoms with Gasteiger partial charge in [-0.25, -0.2) is 4.79 Å². The van der Waals surface area contributed by atoms with E-state index >= 15 is 0 Å². The second-order valence-electron chi connectivity index (χ2n) is 5.53. The second kappa shape index (κ2) is 4.60. The molecule has 1 fully saturated rings. The Bertz CT molecular complexity index is 324. The maximum absolute atomic E-state index is 12.7. The average Bonchev–Trinajstić information content (AvgIpc) is 2.13. The van der Waals surface area contributed by atoms with Crippen molar-refractivity contribution in [3.05, 3.63) is 0 Å². The molecule has 1 aliphatic rings. The van der Waals surface area contributed by atoms with Gasteiger partial charge in [-0.15, -0.1) is 0 Å². The summed E-state index contributed by atoms with van der Waals surface area (Å²) in [6.45, 7) is 4.28. The van der Waals surface area contributed by atoms with Gasteiger partial charge in [0.05, 0.1) is 6.54 Å². The van der Waals surface area contributed by atoms with E-state index in [1.54, 1.807) is 20.8 Å². The molecule has 0 aliphatic carbocycles. The average molecular weight is 269 g/mol. The highest BCUT2D eigenvalue weighted by atomic mass is 19.4. The van der Waals surface area contributed by atoms with Crippen molar-refractivity contribution >= 4 is 6.09 Å². The van der Waals surface area contributed by atoms with Crippen LogP contribution in [-0.4, -0.2) is 46.6 Å². The summed E-state index contributed by atoms with van der Waals surface area (Å²) in [6, 6.07) is 0. The first-order valence-corrected chi connectivity index (χ1v) is 5.72. The van der Waals surface area contributed by atoms with E-state index in [9.17, 15) is 23.1 Å². The highest BCUT2D eigenvalue weighted by molar-refractivity contribution is 5.68. The Balaban J connectivity index is 2.73. The zero-order valence-electron chi connectivity index (χ0n) is 10.7. The highest BCUT2D eigenvalue weighted by Gasteiger charge is 2.56. The molecule has 106 valence electrons. The maximum atomic E-state index is 12.7. The smallest absolute Gasteiger partial charge is 0.418 e. The van der Waals surface area contributed by atoms with Crippen molar-refractivity contribution in [3.8, 4) is 0 Å². The van der Waals surface area contributed by atoms with Crippen LogP contribution in [0.1, 0.15) is 33.6 Å². The van der Waals surface area contributed by atoms with Gasteiger partial charge >= 0.3 is 12.3 Å². The first-order valence-electron chi connectivity index (χ1n) is 5.72. The van der Waals surface area contributed by atoms with Crippen LogP contribution in [0.4, 0.5) is 18.0 Å². The van der Waals surface area contributed by atoms with Gasteiger partial charge in [0.1, 0.15) is 5.60 Å². The number of β-amino-alcohol motifs (C(OH)–C–C–N with tert-alkyl or cyclic N) is 1. The van der Waals surface area contributed by atoms with Crippen LogP contribution in [0.5, 0.6) is 0 Å². The maximum Gasteiger partial charge on any atom is 0.418 e. The number of nitrogens with zero attached hydrogens (tertiary/aromatic N) is 1. The molecule has 0 aromatic heterocycles. The molecule has 0 spiro atoms. The Morgan fingerprint density at radius 3 is 2.33 bits per heavy atom. The largest absolute Gasteiger partial charge is 0.444 e. The fourth-order valence-corrected chi connectivity index (χ4v) is 1.75. The molecule has 7 heteroatoms. The van der Waals surface area contributed by atoms with Gasteiger partial charge in [-0.05, 0) is 33.6 Å². The summed E-state index contributed by atoms with van der Waals surface area (Å²) in [7, 11) is 0. The number of carbonyl (C=O) groups is 1. The molecule has 0 saturated carbocycles. The topological polar surface area (TPSA) is 49.8 Å². The van der Waals surface area contributed by atoms with Crippen LogP contribution in [0.2, 0.25) is 0 Å². The van der Waals surface area contributed by atoms with Gasteiger partial charge in [0, 0.05) is 6.54 Å². The molecule has 0 aromatic rings. The third-order valence-corrected chi connectivity index (χ3v) is 2.65. The normalized spacial score (nSPS) is 26.1. The molecular weight excluding hydrogens is 251 g/mol. The van der Waals surface area contributed by atoms with Crippen molar-refractivity contribution in [2.24, 2.45) is 0 Å². The molecule has 0 aromatic carbocycles. The van der Waals surface area contributed by atoms with Crippen molar-refractivity contribution in [1.29, 1.82) is 0 Å². The number of halogens is 3. The van der Waals surface area contributed by atoms with Crippen molar-refractivity contribution < 1.29 is 27.8 Å². The Hall–Kier alpha value is -0.980. The number of alkyl halides is 3. The lowest BCUT2D eigenvalue weighted by Crippen LogP contribution is -2.58. The predicted octanol–water partition coefficient (Wildman–Crippen LogP) is 2.31. The van der Waals surface area contributed by atoms with Crippen LogP contribution < -0.4 is 0 Å². The van der Waals surface area contributed by atoms with E-state index in [0.717, 1.165) is 4.90 Å². The third-order valence-electron chi connectivity index (χ3n) is 2.65. The zero-order chi connectivity index (χ0) is 14.2. The van der Waals surface area contributed by atoms with Crippen LogP contribution in [0.3, 0.4) is 0 Å². The molecule has 1 rings (SSSR count). The monoisotopic (exact) mass is 269 g/mol. The Morgan fingerprint density at radius 2 is 1.89 bits per heavy atom. The minimum atomic E-state index is -4.74. The second-order valence-corrected chi connectivity index (χ2v) is 5.53. The fraction of sp³-hybridized carbons (Fsp3) is 0.909. The van der Waals surface area contributed by atoms with Crippen LogP contribution in [0, 0.1) is 0 Å². The lowest BCUT2D eigenvalue weighted by molar-refractivity contribution is -0.272. The molecule has 18 heavy (non-hydrogen) atoms. The zero-order valence-corrected chi connectivity index (χ0v) is 10.7. The standard InChI is InChI=1S/C11H18F3NO3/c1-9(2,3)18-8(16)15-6-4-5-10(17,7-15)11(12,13)14/h17H,4-7H2,1-3H3/t10-/m0/s1. The number of hydrogen-bond acceptors (Lipinski definition) is 3. The van der Waals surface area contributed by atoms with E-state index in [1.165, 1.54) is 0 Å². The minimum absolute atomic E-state index is 0.0925. The van der Waals surface area contributed by atoms with Crippen LogP contribution in [0.15, 0.2) is 0 Å². The van der Waals surface area contributed by atoms with Gasteiger partial charge in [-0.2, -0.15) is 13.2 Å². The molecule has 1 aliphatic heterocycles. The highest BCUT2D eigenvalue weighted by Crippen LogP contribution is 2.37. The van der Waals surface area contributed by atoms with Crippen molar-refractivity contribution in [3.63, 3.8) is 0 Å². The van der Waals surface area contributed by atoms with Crippen molar-refractivity contribution in [2.45, 2.75) is 51.0 Å². The van der Waals surface area contributed by atoms with Crippen LogP contribution in [-0.2, 0) is 4.74 Å². The molecule has 1 amide bonds. The van der Waals surface area contributed by atoms with Gasteiger partial charge in [0.15, 0.2) is 5.60 Å². The summed E-state index contributed by atoms with van der Waals surface area (Å²) in [5.74, 6) is 0. The number of piperidine rings is 1. The van der Waals surface area contributed by atoms with E-state index in [0.29, 0.717) is 0 Å². The van der Waals surface area contributed by atoms with E-state index in [-0.39, 0.29) is 13.0 Å². The van der Waals surface area contributed by atoms with Gasteiger partial charge < -0.3 is 14.7 Å². The Morgan fingerprint density at radius 1 is 1.33 bits per heavy atom. The van der Waals surface area contributed by atoms with Crippen molar-refractivity contribution in [2.75, 3.05) is 13.1 Å². The third kappa shape index (κ3) is 3.51. The lowest BCUT2D eigenvalue weighted by atomic mass is 9.92. The summed E-state index contributed by atoms with van der Waals surface area (Å²) < 4.78 is 43.0. The summed E-state index contributed by atoms with van der Waals surface area (Å²) in [5.41, 5.74) is -3.60. The predicted molar refractivity (Wildman–Crippen MR) is 58.0 cm³/mol. The molecule has 1 saturated heterocycles. The molecule has 1 heterocycles. The fourth-order valence-electron chi connectivity index (χ4n) is 1.75. The van der Waals surface area contributed by atoms with Gasteiger partial charge in [-0.1, -0.05) is 0 Å². The quantitative estimate of drug-likeness (QED) is 0.734. The number of ether oxygens (including phenoxy) is 1. The molecule has 4 nitrogen and oxygen atoms in total. The molecule has 0 bridgehead atoms. The number of amides is 1. The molecule has 0 unspecified atom stereocenters. The lowest BCUT2D eigenvalue weighted by Gasteiger charge is -2.40. The van der Waals surface area contributed by atoms with E-state index in [1.807, 2.05) is 0 Å². The first-order chi connectivity index (χ1) is 7.95. The molecule has 1 N–H and O–H groups in total. The van der Waals surface area contributed by atoms with Gasteiger partial charge in [0.25, 0.3) is 0 Å². The number of carbonyl (C=O) groups excluding carboxylic acids is 1. The Kier molecular flexibility index (Phi) is 3.86. The number of aliphatic hydroxyl groups is 1. The van der Waals surface area contributed by atoms with E-state index in [2.05, 4.69) is 0 Å². The van der Waals surface area contributed by atoms with Gasteiger partial charge in [0.2, 0.25) is 0 Å². The summed E-state index contributed by atoms with van der Waals surface area (Å²) in [6.07, 6.45) is -5.87. The van der Waals surface area contributed by atoms with Crippen LogP contribution in [0.25, 0.3) is 0 Å². The molecule has 0 radical (unpaired) electrons. The first kappa shape index (κ1) is 15.1. The van der Waals surface area contributed by atoms with Crippen molar-refractivity contribution in [1.82, 2.24) is 4.90 Å². The van der Waals surface area contributed by atoms with E-state index in [4.69, 9.17) is 4.74 Å². The molecular formula is C11H18F3NO3. The summed E-state index contributed by atoms with van der Waals surface area (Å²) >= 11 is 0. The molecule has 1 atom stereocenters. The number of likely N-dealkylation sites (tertiary alicyclic amines) is 1. The number of hydrogen-bond donors (Lipinski definition) is 1. The summed E-state index contributed by atoms with van der Waals surface area (Å²) in [4.78, 5) is 12.6. The van der Waals surface area contributed by atoms with Crippen LogP contribution >= 0.6 is 0 Å². The van der Waals surface area contributed by atoms with E-state index < -0.39 is 36.4 Å². The SMILES string of the molecule is CC(C)(C)OC(=O)N1CCC[C@@](O)(C(F)(F)F)C1.